The van der Waals surface area contributed by atoms with Gasteiger partial charge in [-0.2, -0.15) is 0 Å². The van der Waals surface area contributed by atoms with E-state index in [1.54, 1.807) is 12.3 Å². The van der Waals surface area contributed by atoms with E-state index in [0.29, 0.717) is 19.7 Å². The van der Waals surface area contributed by atoms with E-state index in [2.05, 4.69) is 0 Å². The number of carboxylic acids is 1. The third-order valence-corrected chi connectivity index (χ3v) is 3.09. The van der Waals surface area contributed by atoms with Crippen LogP contribution in [0.3, 0.4) is 0 Å². The van der Waals surface area contributed by atoms with Crippen LogP contribution in [0.25, 0.3) is 0 Å². The molecule has 0 aliphatic carbocycles. The van der Waals surface area contributed by atoms with Crippen molar-refractivity contribution in [1.29, 1.82) is 0 Å². The van der Waals surface area contributed by atoms with Crippen LogP contribution >= 0.6 is 0 Å². The molecule has 5 heteroatoms. The number of hydrogen-bond donors (Lipinski definition) is 1. The number of carbonyl (C=O) groups excluding carboxylic acids is 1. The molecule has 21 heavy (non-hydrogen) atoms. The SMILES string of the molecule is CCOc1ccc(C[NH+](CC(=O)[O-])Cc2ccco2)cc1. The minimum atomic E-state index is -1.07. The summed E-state index contributed by atoms with van der Waals surface area (Å²) in [6.45, 7) is 3.59. The number of benzene rings is 1. The summed E-state index contributed by atoms with van der Waals surface area (Å²) in [5, 5.41) is 10.9. The summed E-state index contributed by atoms with van der Waals surface area (Å²) in [5.41, 5.74) is 1.04. The maximum absolute atomic E-state index is 10.9. The van der Waals surface area contributed by atoms with Crippen molar-refractivity contribution < 1.29 is 24.0 Å². The number of furan rings is 1. The zero-order chi connectivity index (χ0) is 15.1. The molecule has 2 rings (SSSR count). The molecule has 1 heterocycles. The van der Waals surface area contributed by atoms with Crippen molar-refractivity contribution in [2.24, 2.45) is 0 Å². The van der Waals surface area contributed by atoms with Gasteiger partial charge < -0.3 is 24.0 Å². The number of carbonyl (C=O) groups is 1. The Labute approximate surface area is 123 Å². The van der Waals surface area contributed by atoms with E-state index in [1.165, 1.54) is 0 Å². The Hall–Kier alpha value is -2.27. The van der Waals surface area contributed by atoms with E-state index in [-0.39, 0.29) is 6.54 Å². The van der Waals surface area contributed by atoms with Crippen LogP contribution in [0, 0.1) is 0 Å². The zero-order valence-corrected chi connectivity index (χ0v) is 12.0. The first-order valence-corrected chi connectivity index (χ1v) is 6.95. The lowest BCUT2D eigenvalue weighted by atomic mass is 10.2. The summed E-state index contributed by atoms with van der Waals surface area (Å²) >= 11 is 0. The summed E-state index contributed by atoms with van der Waals surface area (Å²) in [7, 11) is 0. The van der Waals surface area contributed by atoms with Gasteiger partial charge in [-0.15, -0.1) is 0 Å². The van der Waals surface area contributed by atoms with E-state index in [1.807, 2.05) is 37.3 Å². The summed E-state index contributed by atoms with van der Waals surface area (Å²) in [6.07, 6.45) is 1.59. The number of nitrogens with one attached hydrogen (secondary N) is 1. The highest BCUT2D eigenvalue weighted by atomic mass is 16.5. The van der Waals surface area contributed by atoms with Crippen molar-refractivity contribution in [2.45, 2.75) is 20.0 Å². The van der Waals surface area contributed by atoms with Crippen LogP contribution in [-0.2, 0) is 17.9 Å². The zero-order valence-electron chi connectivity index (χ0n) is 12.0. The first-order valence-electron chi connectivity index (χ1n) is 6.95. The number of aliphatic carboxylic acids is 1. The molecule has 1 N–H and O–H groups in total. The van der Waals surface area contributed by atoms with Gasteiger partial charge in [-0.25, -0.2) is 0 Å². The fourth-order valence-corrected chi connectivity index (χ4v) is 2.21. The van der Waals surface area contributed by atoms with Crippen molar-refractivity contribution in [1.82, 2.24) is 0 Å². The molecule has 0 radical (unpaired) electrons. The van der Waals surface area contributed by atoms with Crippen LogP contribution in [-0.4, -0.2) is 19.1 Å². The van der Waals surface area contributed by atoms with E-state index < -0.39 is 5.97 Å². The molecule has 0 fully saturated rings. The molecule has 0 amide bonds. The lowest BCUT2D eigenvalue weighted by Gasteiger charge is -2.19. The van der Waals surface area contributed by atoms with Crippen molar-refractivity contribution in [3.05, 3.63) is 54.0 Å². The lowest BCUT2D eigenvalue weighted by Crippen LogP contribution is -3.10. The molecule has 0 aliphatic heterocycles. The van der Waals surface area contributed by atoms with E-state index in [0.717, 1.165) is 22.0 Å². The van der Waals surface area contributed by atoms with Crippen molar-refractivity contribution in [2.75, 3.05) is 13.2 Å². The summed E-state index contributed by atoms with van der Waals surface area (Å²) < 4.78 is 10.7. The molecule has 1 aromatic heterocycles. The first kappa shape index (κ1) is 15.1. The lowest BCUT2D eigenvalue weighted by molar-refractivity contribution is -0.922. The predicted molar refractivity (Wildman–Crippen MR) is 74.6 cm³/mol. The molecule has 2 aromatic rings. The van der Waals surface area contributed by atoms with Crippen molar-refractivity contribution in [3.63, 3.8) is 0 Å². The molecule has 0 saturated carbocycles. The third-order valence-electron chi connectivity index (χ3n) is 3.09. The van der Waals surface area contributed by atoms with Gasteiger partial charge in [0.1, 0.15) is 25.4 Å². The Morgan fingerprint density at radius 1 is 1.24 bits per heavy atom. The second-order valence-electron chi connectivity index (χ2n) is 4.81. The van der Waals surface area contributed by atoms with Crippen LogP contribution in [0.2, 0.25) is 0 Å². The average molecular weight is 289 g/mol. The fraction of sp³-hybridized carbons (Fsp3) is 0.312. The standard InChI is InChI=1S/C16H19NO4/c1-2-20-14-7-5-13(6-8-14)10-17(12-16(18)19)11-15-4-3-9-21-15/h3-9H,2,10-12H2,1H3,(H,18,19). The van der Waals surface area contributed by atoms with Crippen LogP contribution in [0.5, 0.6) is 5.75 Å². The van der Waals surface area contributed by atoms with Crippen LogP contribution < -0.4 is 14.7 Å². The Balaban J connectivity index is 2.01. The second-order valence-corrected chi connectivity index (χ2v) is 4.81. The highest BCUT2D eigenvalue weighted by Gasteiger charge is 2.13. The monoisotopic (exact) mass is 289 g/mol. The molecular weight excluding hydrogens is 270 g/mol. The molecule has 0 saturated heterocycles. The highest BCUT2D eigenvalue weighted by molar-refractivity contribution is 5.65. The molecule has 1 atom stereocenters. The molecule has 1 aromatic carbocycles. The maximum Gasteiger partial charge on any atom is 0.157 e. The molecule has 1 unspecified atom stereocenters. The van der Waals surface area contributed by atoms with Gasteiger partial charge in [-0.1, -0.05) is 0 Å². The number of carboxylic acid groups (broad SMARTS) is 1. The van der Waals surface area contributed by atoms with Gasteiger partial charge in [0.25, 0.3) is 0 Å². The normalized spacial score (nSPS) is 12.0. The van der Waals surface area contributed by atoms with Crippen molar-refractivity contribution in [3.8, 4) is 5.75 Å². The average Bonchev–Trinajstić information content (AvgIpc) is 2.93. The van der Waals surface area contributed by atoms with Gasteiger partial charge in [0.05, 0.1) is 18.8 Å². The molecule has 0 bridgehead atoms. The van der Waals surface area contributed by atoms with Gasteiger partial charge in [-0.05, 0) is 43.3 Å². The Kier molecular flexibility index (Phi) is 5.40. The Morgan fingerprint density at radius 2 is 2.00 bits per heavy atom. The van der Waals surface area contributed by atoms with Gasteiger partial charge in [-0.3, -0.25) is 0 Å². The first-order chi connectivity index (χ1) is 10.2. The van der Waals surface area contributed by atoms with E-state index in [4.69, 9.17) is 9.15 Å². The van der Waals surface area contributed by atoms with Crippen LogP contribution in [0.4, 0.5) is 0 Å². The summed E-state index contributed by atoms with van der Waals surface area (Å²) in [5.74, 6) is 0.508. The fourth-order valence-electron chi connectivity index (χ4n) is 2.21. The van der Waals surface area contributed by atoms with Crippen molar-refractivity contribution >= 4 is 5.97 Å². The number of ether oxygens (including phenoxy) is 1. The number of quaternary nitrogens is 1. The second kappa shape index (κ2) is 7.50. The molecular formula is C16H19NO4. The van der Waals surface area contributed by atoms with Crippen LogP contribution in [0.1, 0.15) is 18.2 Å². The Bertz CT molecular complexity index is 548. The topological polar surface area (TPSA) is 66.9 Å². The summed E-state index contributed by atoms with van der Waals surface area (Å²) in [6, 6.07) is 11.3. The molecule has 0 spiro atoms. The van der Waals surface area contributed by atoms with E-state index in [9.17, 15) is 9.90 Å². The number of rotatable bonds is 8. The quantitative estimate of drug-likeness (QED) is 0.743. The highest BCUT2D eigenvalue weighted by Crippen LogP contribution is 2.11. The van der Waals surface area contributed by atoms with Gasteiger partial charge in [0, 0.05) is 5.56 Å². The molecule has 5 nitrogen and oxygen atoms in total. The van der Waals surface area contributed by atoms with Crippen LogP contribution in [0.15, 0.2) is 47.1 Å². The number of hydrogen-bond acceptors (Lipinski definition) is 4. The summed E-state index contributed by atoms with van der Waals surface area (Å²) in [4.78, 5) is 11.7. The van der Waals surface area contributed by atoms with Gasteiger partial charge >= 0.3 is 0 Å². The largest absolute Gasteiger partial charge is 0.544 e. The van der Waals surface area contributed by atoms with Gasteiger partial charge in [0.2, 0.25) is 0 Å². The predicted octanol–water partition coefficient (Wildman–Crippen LogP) is 0.0133. The van der Waals surface area contributed by atoms with E-state index >= 15 is 0 Å². The molecule has 0 aliphatic rings. The molecule has 112 valence electrons. The Morgan fingerprint density at radius 3 is 2.57 bits per heavy atom. The minimum Gasteiger partial charge on any atom is -0.544 e. The smallest absolute Gasteiger partial charge is 0.157 e. The minimum absolute atomic E-state index is 0.0616. The maximum atomic E-state index is 10.9. The van der Waals surface area contributed by atoms with Gasteiger partial charge in [0.15, 0.2) is 5.76 Å². The third kappa shape index (κ3) is 4.96.